The first-order valence-corrected chi connectivity index (χ1v) is 7.82. The van der Waals surface area contributed by atoms with Crippen molar-refractivity contribution in [2.75, 3.05) is 0 Å². The van der Waals surface area contributed by atoms with Crippen LogP contribution in [0.4, 0.5) is 5.69 Å². The molecule has 0 bridgehead atoms. The van der Waals surface area contributed by atoms with Gasteiger partial charge in [0.2, 0.25) is 0 Å². The Labute approximate surface area is 137 Å². The number of hydrogen-bond acceptors (Lipinski definition) is 4. The van der Waals surface area contributed by atoms with Crippen molar-refractivity contribution >= 4 is 29.5 Å². The molecule has 0 radical (unpaired) electrons. The summed E-state index contributed by atoms with van der Waals surface area (Å²) < 4.78 is 0. The summed E-state index contributed by atoms with van der Waals surface area (Å²) in [6, 6.07) is 14.4. The third-order valence-corrected chi connectivity index (χ3v) is 4.27. The third kappa shape index (κ3) is 4.69. The minimum Gasteiger partial charge on any atom is -0.478 e. The maximum Gasteiger partial charge on any atom is 0.331 e. The number of carboxylic acid groups (broad SMARTS) is 1. The minimum absolute atomic E-state index is 0.0159. The zero-order valence-corrected chi connectivity index (χ0v) is 13.2. The van der Waals surface area contributed by atoms with Gasteiger partial charge in [0, 0.05) is 17.4 Å². The van der Waals surface area contributed by atoms with Crippen molar-refractivity contribution in [2.45, 2.75) is 17.6 Å². The van der Waals surface area contributed by atoms with E-state index in [1.807, 2.05) is 30.3 Å². The highest BCUT2D eigenvalue weighted by Crippen LogP contribution is 2.32. The lowest BCUT2D eigenvalue weighted by Gasteiger charge is -2.05. The predicted octanol–water partition coefficient (Wildman–Crippen LogP) is 4.38. The Balaban J connectivity index is 2.25. The van der Waals surface area contributed by atoms with Gasteiger partial charge in [0.15, 0.2) is 0 Å². The van der Waals surface area contributed by atoms with Crippen molar-refractivity contribution in [1.29, 1.82) is 0 Å². The maximum atomic E-state index is 11.3. The Morgan fingerprint density at radius 2 is 1.96 bits per heavy atom. The van der Waals surface area contributed by atoms with Gasteiger partial charge >= 0.3 is 5.97 Å². The van der Waals surface area contributed by atoms with E-state index in [-0.39, 0.29) is 11.3 Å². The standard InChI is InChI=1S/C17H15NO4S/c1-12(17(19)20)9-14-7-8-16(15(10-14)18(21)22)23-11-13-5-3-2-4-6-13/h2-10H,11H2,1H3,(H,19,20)/b12-9+. The van der Waals surface area contributed by atoms with Crippen molar-refractivity contribution < 1.29 is 14.8 Å². The highest BCUT2D eigenvalue weighted by Gasteiger charge is 2.15. The van der Waals surface area contributed by atoms with Crippen LogP contribution in [0.25, 0.3) is 6.08 Å². The topological polar surface area (TPSA) is 80.4 Å². The second-order valence-electron chi connectivity index (χ2n) is 4.89. The first kappa shape index (κ1) is 16.8. The molecule has 2 rings (SSSR count). The van der Waals surface area contributed by atoms with Crippen molar-refractivity contribution in [1.82, 2.24) is 0 Å². The number of rotatable bonds is 6. The third-order valence-electron chi connectivity index (χ3n) is 3.14. The van der Waals surface area contributed by atoms with Gasteiger partial charge in [-0.25, -0.2) is 4.79 Å². The SMILES string of the molecule is C/C(=C\c1ccc(SCc2ccccc2)c([N+](=O)[O-])c1)C(=O)O. The number of nitro benzene ring substituents is 1. The zero-order chi connectivity index (χ0) is 16.8. The first-order valence-electron chi connectivity index (χ1n) is 6.84. The van der Waals surface area contributed by atoms with E-state index in [1.165, 1.54) is 30.8 Å². The average Bonchev–Trinajstić information content (AvgIpc) is 2.54. The molecule has 0 aliphatic rings. The molecule has 5 nitrogen and oxygen atoms in total. The van der Waals surface area contributed by atoms with E-state index in [1.54, 1.807) is 12.1 Å². The summed E-state index contributed by atoms with van der Waals surface area (Å²) in [5.41, 5.74) is 1.69. The Kier molecular flexibility index (Phi) is 5.54. The second-order valence-corrected chi connectivity index (χ2v) is 5.91. The van der Waals surface area contributed by atoms with Crippen molar-refractivity contribution in [2.24, 2.45) is 0 Å². The molecule has 0 aromatic heterocycles. The summed E-state index contributed by atoms with van der Waals surface area (Å²) in [7, 11) is 0. The van der Waals surface area contributed by atoms with Gasteiger partial charge in [0.25, 0.3) is 5.69 Å². The van der Waals surface area contributed by atoms with Crippen molar-refractivity contribution in [3.8, 4) is 0 Å². The lowest BCUT2D eigenvalue weighted by atomic mass is 10.1. The number of thioether (sulfide) groups is 1. The predicted molar refractivity (Wildman–Crippen MR) is 90.4 cm³/mol. The van der Waals surface area contributed by atoms with Crippen LogP contribution < -0.4 is 0 Å². The number of aliphatic carboxylic acids is 1. The second kappa shape index (κ2) is 7.60. The van der Waals surface area contributed by atoms with Crippen molar-refractivity contribution in [3.05, 3.63) is 75.3 Å². The molecule has 0 amide bonds. The fourth-order valence-corrected chi connectivity index (χ4v) is 2.90. The normalized spacial score (nSPS) is 11.3. The molecule has 0 aliphatic carbocycles. The van der Waals surface area contributed by atoms with Gasteiger partial charge in [-0.15, -0.1) is 11.8 Å². The smallest absolute Gasteiger partial charge is 0.331 e. The number of carboxylic acids is 1. The maximum absolute atomic E-state index is 11.3. The van der Waals surface area contributed by atoms with Crippen molar-refractivity contribution in [3.63, 3.8) is 0 Å². The minimum atomic E-state index is -1.05. The summed E-state index contributed by atoms with van der Waals surface area (Å²) in [6.07, 6.45) is 1.42. The molecule has 118 valence electrons. The van der Waals surface area contributed by atoms with Gasteiger partial charge in [-0.1, -0.05) is 36.4 Å². The number of nitrogens with zero attached hydrogens (tertiary/aromatic N) is 1. The number of carbonyl (C=O) groups is 1. The molecule has 2 aromatic rings. The molecular formula is C17H15NO4S. The van der Waals surface area contributed by atoms with E-state index in [0.717, 1.165) is 5.56 Å². The monoisotopic (exact) mass is 329 g/mol. The largest absolute Gasteiger partial charge is 0.478 e. The van der Waals surface area contributed by atoms with Crippen LogP contribution >= 0.6 is 11.8 Å². The average molecular weight is 329 g/mol. The Bertz CT molecular complexity index is 756. The summed E-state index contributed by atoms with van der Waals surface area (Å²) in [5, 5.41) is 20.1. The van der Waals surface area contributed by atoms with E-state index in [4.69, 9.17) is 5.11 Å². The molecular weight excluding hydrogens is 314 g/mol. The summed E-state index contributed by atoms with van der Waals surface area (Å²) in [6.45, 7) is 1.45. The fraction of sp³-hybridized carbons (Fsp3) is 0.118. The van der Waals surface area contributed by atoms with Crippen LogP contribution in [0.5, 0.6) is 0 Å². The van der Waals surface area contributed by atoms with Gasteiger partial charge < -0.3 is 5.11 Å². The quantitative estimate of drug-likeness (QED) is 0.368. The number of nitro groups is 1. The molecule has 2 aromatic carbocycles. The highest BCUT2D eigenvalue weighted by atomic mass is 32.2. The molecule has 0 aliphatic heterocycles. The summed E-state index contributed by atoms with van der Waals surface area (Å²) >= 11 is 1.38. The number of benzene rings is 2. The molecule has 23 heavy (non-hydrogen) atoms. The molecule has 6 heteroatoms. The van der Waals surface area contributed by atoms with Gasteiger partial charge in [-0.3, -0.25) is 10.1 Å². The summed E-state index contributed by atoms with van der Waals surface area (Å²) in [4.78, 5) is 22.2. The first-order chi connectivity index (χ1) is 11.0. The molecule has 0 saturated heterocycles. The van der Waals surface area contributed by atoms with E-state index in [2.05, 4.69) is 0 Å². The van der Waals surface area contributed by atoms with Gasteiger partial charge in [-0.05, 0) is 30.2 Å². The van der Waals surface area contributed by atoms with Crippen LogP contribution in [0.15, 0.2) is 59.0 Å². The van der Waals surface area contributed by atoms with Crippen LogP contribution in [0.1, 0.15) is 18.1 Å². The Morgan fingerprint density at radius 1 is 1.26 bits per heavy atom. The molecule has 0 fully saturated rings. The molecule has 0 atom stereocenters. The molecule has 1 N–H and O–H groups in total. The Hall–Kier alpha value is -2.60. The lowest BCUT2D eigenvalue weighted by Crippen LogP contribution is -1.96. The Morgan fingerprint density at radius 3 is 2.57 bits per heavy atom. The van der Waals surface area contributed by atoms with Gasteiger partial charge in [0.05, 0.1) is 9.82 Å². The lowest BCUT2D eigenvalue weighted by molar-refractivity contribution is -0.387. The molecule has 0 unspecified atom stereocenters. The van der Waals surface area contributed by atoms with E-state index in [9.17, 15) is 14.9 Å². The molecule has 0 saturated carbocycles. The number of hydrogen-bond donors (Lipinski definition) is 1. The van der Waals surface area contributed by atoms with Crippen LogP contribution in [-0.4, -0.2) is 16.0 Å². The highest BCUT2D eigenvalue weighted by molar-refractivity contribution is 7.98. The summed E-state index contributed by atoms with van der Waals surface area (Å²) in [5.74, 6) is -0.416. The van der Waals surface area contributed by atoms with Crippen LogP contribution in [0.2, 0.25) is 0 Å². The molecule has 0 spiro atoms. The van der Waals surface area contributed by atoms with Gasteiger partial charge in [0.1, 0.15) is 0 Å². The zero-order valence-electron chi connectivity index (χ0n) is 12.4. The van der Waals surface area contributed by atoms with Crippen LogP contribution in [0.3, 0.4) is 0 Å². The van der Waals surface area contributed by atoms with Crippen LogP contribution in [-0.2, 0) is 10.5 Å². The van der Waals surface area contributed by atoms with Crippen LogP contribution in [0, 0.1) is 10.1 Å². The van der Waals surface area contributed by atoms with Gasteiger partial charge in [-0.2, -0.15) is 0 Å². The van der Waals surface area contributed by atoms with E-state index in [0.29, 0.717) is 16.2 Å². The fourth-order valence-electron chi connectivity index (χ4n) is 1.94. The van der Waals surface area contributed by atoms with E-state index < -0.39 is 10.9 Å². The van der Waals surface area contributed by atoms with E-state index >= 15 is 0 Å². The molecule has 0 heterocycles.